The molecule has 33 heavy (non-hydrogen) atoms. The number of rotatable bonds is 9. The van der Waals surface area contributed by atoms with E-state index in [9.17, 15) is 9.59 Å². The van der Waals surface area contributed by atoms with Crippen LogP contribution in [0.5, 0.6) is 11.5 Å². The van der Waals surface area contributed by atoms with Gasteiger partial charge in [-0.2, -0.15) is 5.10 Å². The van der Waals surface area contributed by atoms with Crippen molar-refractivity contribution < 1.29 is 19.1 Å². The zero-order chi connectivity index (χ0) is 24.0. The van der Waals surface area contributed by atoms with Crippen LogP contribution in [-0.4, -0.2) is 31.5 Å². The zero-order valence-electron chi connectivity index (χ0n) is 18.0. The molecule has 6 nitrogen and oxygen atoms in total. The number of ether oxygens (including phenoxy) is 2. The summed E-state index contributed by atoms with van der Waals surface area (Å²) in [5.74, 6) is 4.63. The van der Waals surface area contributed by atoms with Crippen LogP contribution in [0.15, 0.2) is 71.8 Å². The molecule has 1 atom stereocenters. The first-order valence-electron chi connectivity index (χ1n) is 9.96. The molecule has 1 unspecified atom stereocenters. The summed E-state index contributed by atoms with van der Waals surface area (Å²) in [6.07, 6.45) is -0.158. The van der Waals surface area contributed by atoms with Crippen LogP contribution in [0.2, 0.25) is 10.0 Å². The Morgan fingerprint density at radius 3 is 2.06 bits per heavy atom. The van der Waals surface area contributed by atoms with E-state index in [4.69, 9.17) is 38.5 Å². The average molecular weight is 485 g/mol. The average Bonchev–Trinajstić information content (AvgIpc) is 2.84. The first-order valence-corrected chi connectivity index (χ1v) is 10.7. The number of nitrogens with zero attached hydrogens (tertiary/aromatic N) is 1. The fourth-order valence-corrected chi connectivity index (χ4v) is 3.72. The lowest BCUT2D eigenvalue weighted by atomic mass is 9.84. The number of ketones is 2. The molecule has 0 aliphatic carbocycles. The van der Waals surface area contributed by atoms with Crippen LogP contribution in [0.1, 0.15) is 33.8 Å². The van der Waals surface area contributed by atoms with Crippen LogP contribution in [0, 0.1) is 0 Å². The van der Waals surface area contributed by atoms with Crippen LogP contribution in [-0.2, 0) is 4.79 Å². The fraction of sp³-hybridized carbons (Fsp3) is 0.160. The van der Waals surface area contributed by atoms with E-state index in [1.54, 1.807) is 60.7 Å². The first-order chi connectivity index (χ1) is 15.9. The summed E-state index contributed by atoms with van der Waals surface area (Å²) in [6, 6.07) is 18.6. The van der Waals surface area contributed by atoms with Gasteiger partial charge in [-0.15, -0.1) is 0 Å². The number of carbonyl (C=O) groups is 2. The lowest BCUT2D eigenvalue weighted by molar-refractivity contribution is -0.115. The first kappa shape index (κ1) is 24.3. The van der Waals surface area contributed by atoms with Crippen molar-refractivity contribution in [2.24, 2.45) is 10.9 Å². The molecule has 0 saturated heterocycles. The molecule has 170 valence electrons. The van der Waals surface area contributed by atoms with Gasteiger partial charge in [0.2, 0.25) is 11.6 Å². The highest BCUT2D eigenvalue weighted by Gasteiger charge is 2.28. The lowest BCUT2D eigenvalue weighted by Crippen LogP contribution is -2.24. The van der Waals surface area contributed by atoms with Gasteiger partial charge in [0.15, 0.2) is 0 Å². The number of hydrazone groups is 1. The Morgan fingerprint density at radius 1 is 0.909 bits per heavy atom. The van der Waals surface area contributed by atoms with Gasteiger partial charge in [0, 0.05) is 28.5 Å². The number of hydrogen-bond donors (Lipinski definition) is 1. The van der Waals surface area contributed by atoms with E-state index in [0.717, 1.165) is 5.56 Å². The van der Waals surface area contributed by atoms with Gasteiger partial charge >= 0.3 is 0 Å². The smallest absolute Gasteiger partial charge is 0.232 e. The normalized spacial score (nSPS) is 12.2. The molecule has 3 aromatic rings. The topological polar surface area (TPSA) is 91.0 Å². The maximum atomic E-state index is 13.1. The van der Waals surface area contributed by atoms with Crippen molar-refractivity contribution >= 4 is 40.5 Å². The molecule has 0 heterocycles. The second-order valence-corrected chi connectivity index (χ2v) is 8.02. The third-order valence-corrected chi connectivity index (χ3v) is 5.68. The van der Waals surface area contributed by atoms with Gasteiger partial charge in [0.25, 0.3) is 0 Å². The fourth-order valence-electron chi connectivity index (χ4n) is 3.47. The molecule has 0 spiro atoms. The number of carbonyl (C=O) groups excluding carboxylic acids is 2. The third kappa shape index (κ3) is 5.72. The summed E-state index contributed by atoms with van der Waals surface area (Å²) in [4.78, 5) is 26.2. The molecule has 0 aromatic heterocycles. The largest absolute Gasteiger partial charge is 0.497 e. The Morgan fingerprint density at radius 2 is 1.52 bits per heavy atom. The Labute approximate surface area is 201 Å². The number of benzene rings is 3. The Bertz CT molecular complexity index is 1180. The van der Waals surface area contributed by atoms with Crippen LogP contribution in [0.25, 0.3) is 0 Å². The number of methoxy groups -OCH3 is 2. The lowest BCUT2D eigenvalue weighted by Gasteiger charge is -2.19. The summed E-state index contributed by atoms with van der Waals surface area (Å²) >= 11 is 12.1. The van der Waals surface area contributed by atoms with Crippen molar-refractivity contribution in [1.29, 1.82) is 0 Å². The van der Waals surface area contributed by atoms with Crippen molar-refractivity contribution in [2.45, 2.75) is 12.3 Å². The second kappa shape index (κ2) is 11.0. The van der Waals surface area contributed by atoms with Crippen LogP contribution in [0.3, 0.4) is 0 Å². The van der Waals surface area contributed by atoms with E-state index in [1.165, 1.54) is 20.3 Å². The molecule has 3 rings (SSSR count). The molecule has 8 heteroatoms. The standard InChI is InChI=1S/C25H22Cl2N2O4/c1-32-19-11-12-20(23(13-19)33-2)25(31)22(30)14-21(15-3-7-17(26)8-4-15)24(29-28)16-5-9-18(27)10-6-16/h3-13,21H,14,28H2,1-2H3/b29-24+. The molecule has 0 radical (unpaired) electrons. The van der Waals surface area contributed by atoms with Crippen molar-refractivity contribution in [1.82, 2.24) is 0 Å². The van der Waals surface area contributed by atoms with E-state index in [2.05, 4.69) is 5.10 Å². The zero-order valence-corrected chi connectivity index (χ0v) is 19.6. The van der Waals surface area contributed by atoms with Gasteiger partial charge in [-0.1, -0.05) is 47.5 Å². The Hall–Kier alpha value is -3.35. The molecule has 0 fully saturated rings. The molecule has 0 bridgehead atoms. The molecule has 0 aliphatic rings. The van der Waals surface area contributed by atoms with E-state index in [1.807, 2.05) is 0 Å². The molecule has 0 saturated carbocycles. The van der Waals surface area contributed by atoms with E-state index < -0.39 is 17.5 Å². The highest BCUT2D eigenvalue weighted by atomic mass is 35.5. The van der Waals surface area contributed by atoms with Crippen LogP contribution in [0.4, 0.5) is 0 Å². The van der Waals surface area contributed by atoms with Gasteiger partial charge in [-0.3, -0.25) is 9.59 Å². The van der Waals surface area contributed by atoms with Crippen molar-refractivity contribution in [2.75, 3.05) is 14.2 Å². The Balaban J connectivity index is 1.98. The summed E-state index contributed by atoms with van der Waals surface area (Å²) < 4.78 is 10.4. The second-order valence-electron chi connectivity index (χ2n) is 7.15. The van der Waals surface area contributed by atoms with Gasteiger partial charge in [0.1, 0.15) is 11.5 Å². The summed E-state index contributed by atoms with van der Waals surface area (Å²) in [6.45, 7) is 0. The monoisotopic (exact) mass is 484 g/mol. The van der Waals surface area contributed by atoms with E-state index in [0.29, 0.717) is 27.1 Å². The molecular weight excluding hydrogens is 463 g/mol. The summed E-state index contributed by atoms with van der Waals surface area (Å²) in [7, 11) is 2.93. The van der Waals surface area contributed by atoms with Gasteiger partial charge < -0.3 is 15.3 Å². The van der Waals surface area contributed by atoms with E-state index in [-0.39, 0.29) is 17.7 Å². The number of nitrogens with two attached hydrogens (primary N) is 1. The quantitative estimate of drug-likeness (QED) is 0.146. The van der Waals surface area contributed by atoms with Crippen molar-refractivity contribution in [3.63, 3.8) is 0 Å². The molecule has 2 N–H and O–H groups in total. The van der Waals surface area contributed by atoms with Gasteiger partial charge in [0.05, 0.1) is 25.5 Å². The van der Waals surface area contributed by atoms with Crippen molar-refractivity contribution in [3.8, 4) is 11.5 Å². The van der Waals surface area contributed by atoms with E-state index >= 15 is 0 Å². The molecule has 0 amide bonds. The number of halogens is 2. The minimum atomic E-state index is -0.680. The van der Waals surface area contributed by atoms with Gasteiger partial charge in [-0.25, -0.2) is 0 Å². The third-order valence-electron chi connectivity index (χ3n) is 5.18. The minimum Gasteiger partial charge on any atom is -0.497 e. The molecular formula is C25H22Cl2N2O4. The maximum absolute atomic E-state index is 13.1. The SMILES string of the molecule is COc1ccc(C(=O)C(=O)CC(/C(=N/N)c2ccc(Cl)cc2)c2ccc(Cl)cc2)c(OC)c1. The minimum absolute atomic E-state index is 0.149. The summed E-state index contributed by atoms with van der Waals surface area (Å²) in [5.41, 5.74) is 2.01. The number of hydrogen-bond acceptors (Lipinski definition) is 6. The predicted octanol–water partition coefficient (Wildman–Crippen LogP) is 5.30. The molecule has 0 aliphatic heterocycles. The Kier molecular flexibility index (Phi) is 8.09. The highest BCUT2D eigenvalue weighted by molar-refractivity contribution is 6.44. The predicted molar refractivity (Wildman–Crippen MR) is 130 cm³/mol. The van der Waals surface area contributed by atoms with Gasteiger partial charge in [-0.05, 0) is 47.5 Å². The summed E-state index contributed by atoms with van der Waals surface area (Å²) in [5, 5.41) is 5.06. The van der Waals surface area contributed by atoms with Crippen LogP contribution < -0.4 is 15.3 Å². The maximum Gasteiger partial charge on any atom is 0.232 e. The van der Waals surface area contributed by atoms with Crippen LogP contribution >= 0.6 is 23.2 Å². The highest BCUT2D eigenvalue weighted by Crippen LogP contribution is 2.30. The number of Topliss-reactive ketones (excluding diaryl/α,β-unsaturated/α-hetero) is 2. The molecule has 3 aromatic carbocycles. The van der Waals surface area contributed by atoms with Crippen molar-refractivity contribution in [3.05, 3.63) is 93.5 Å².